The number of hydrogen-bond acceptors (Lipinski definition) is 5. The average Bonchev–Trinajstić information content (AvgIpc) is 2.83. The zero-order valence-electron chi connectivity index (χ0n) is 7.75. The van der Waals surface area contributed by atoms with Crippen LogP contribution < -0.4 is 4.99 Å². The number of aliphatic imine (C=N–C) groups is 1. The fourth-order valence-electron chi connectivity index (χ4n) is 1.01. The van der Waals surface area contributed by atoms with E-state index < -0.39 is 17.1 Å². The van der Waals surface area contributed by atoms with E-state index in [1.165, 1.54) is 18.3 Å². The maximum atomic E-state index is 10.9. The number of rotatable bonds is 3. The minimum absolute atomic E-state index is 0.204. The summed E-state index contributed by atoms with van der Waals surface area (Å²) in [6, 6.07) is 2.59. The Morgan fingerprint density at radius 3 is 3.00 bits per heavy atom. The minimum Gasteiger partial charge on any atom is -0.529 e. The fourth-order valence-corrected chi connectivity index (χ4v) is 1.01. The lowest BCUT2D eigenvalue weighted by atomic mass is 10.5. The van der Waals surface area contributed by atoms with Gasteiger partial charge in [-0.15, -0.1) is 0 Å². The van der Waals surface area contributed by atoms with E-state index in [4.69, 9.17) is 4.42 Å². The number of furan rings is 1. The number of amides is 1. The maximum Gasteiger partial charge on any atom is 0.433 e. The van der Waals surface area contributed by atoms with Gasteiger partial charge in [-0.3, -0.25) is 10.1 Å². The molecule has 1 aliphatic rings. The van der Waals surface area contributed by atoms with E-state index in [9.17, 15) is 14.9 Å². The minimum atomic E-state index is -0.954. The standard InChI is InChI=1S/C8H4N3O5/c12-7-8(15-4-10-7)9-3-5-1-2-6(16-5)11(13)14/h1-3,8H/q-1/p+1. The summed E-state index contributed by atoms with van der Waals surface area (Å²) in [6.07, 6.45) is 2.36. The lowest BCUT2D eigenvalue weighted by Gasteiger charge is -2.00. The number of carbonyl (C=O) groups excluding carboxylic acids is 1. The summed E-state index contributed by atoms with van der Waals surface area (Å²) in [6.45, 7) is 0. The Labute approximate surface area is 88.4 Å². The Bertz CT molecular complexity index is 490. The second-order valence-electron chi connectivity index (χ2n) is 2.78. The van der Waals surface area contributed by atoms with Crippen molar-refractivity contribution >= 4 is 24.4 Å². The van der Waals surface area contributed by atoms with Crippen LogP contribution in [0.25, 0.3) is 0 Å². The molecular weight excluding hydrogens is 218 g/mol. The first-order valence-electron chi connectivity index (χ1n) is 4.15. The van der Waals surface area contributed by atoms with Gasteiger partial charge in [0.2, 0.25) is 6.21 Å². The summed E-state index contributed by atoms with van der Waals surface area (Å²) in [4.78, 5) is 26.3. The van der Waals surface area contributed by atoms with Gasteiger partial charge in [-0.1, -0.05) is 0 Å². The quantitative estimate of drug-likeness (QED) is 0.289. The summed E-state index contributed by atoms with van der Waals surface area (Å²) < 4.78 is 9.46. The third-order valence-electron chi connectivity index (χ3n) is 1.72. The predicted octanol–water partition coefficient (Wildman–Crippen LogP) is -1.52. The van der Waals surface area contributed by atoms with Crippen molar-refractivity contribution in [1.82, 2.24) is 0 Å². The van der Waals surface area contributed by atoms with Crippen molar-refractivity contribution in [2.75, 3.05) is 0 Å². The van der Waals surface area contributed by atoms with Gasteiger partial charge >= 0.3 is 5.88 Å². The molecule has 8 heteroatoms. The van der Waals surface area contributed by atoms with Crippen molar-refractivity contribution in [3.63, 3.8) is 0 Å². The van der Waals surface area contributed by atoms with E-state index in [1.807, 2.05) is 6.40 Å². The topological polar surface area (TPSA) is 109 Å². The van der Waals surface area contributed by atoms with Crippen LogP contribution in [0, 0.1) is 10.1 Å². The molecule has 0 bridgehead atoms. The van der Waals surface area contributed by atoms with Crippen LogP contribution in [0.15, 0.2) is 21.5 Å². The lowest BCUT2D eigenvalue weighted by Crippen LogP contribution is -2.78. The molecule has 8 nitrogen and oxygen atoms in total. The largest absolute Gasteiger partial charge is 0.529 e. The summed E-state index contributed by atoms with van der Waals surface area (Å²) in [5.41, 5.74) is 0. The molecule has 1 aromatic rings. The van der Waals surface area contributed by atoms with Crippen LogP contribution in [0.5, 0.6) is 0 Å². The molecule has 0 spiro atoms. The Kier molecular flexibility index (Phi) is 2.46. The molecule has 2 rings (SSSR count). The van der Waals surface area contributed by atoms with Crippen molar-refractivity contribution in [2.24, 2.45) is 4.99 Å². The Hall–Kier alpha value is -2.51. The molecule has 0 saturated heterocycles. The first-order chi connectivity index (χ1) is 7.66. The highest BCUT2D eigenvalue weighted by atomic mass is 16.6. The zero-order chi connectivity index (χ0) is 11.5. The van der Waals surface area contributed by atoms with Crippen molar-refractivity contribution in [3.05, 3.63) is 28.0 Å². The third-order valence-corrected chi connectivity index (χ3v) is 1.72. The van der Waals surface area contributed by atoms with Gasteiger partial charge < -0.3 is 18.9 Å². The van der Waals surface area contributed by atoms with Crippen LogP contribution in [-0.2, 0) is 9.53 Å². The molecule has 1 atom stereocenters. The molecule has 1 aliphatic heterocycles. The van der Waals surface area contributed by atoms with Crippen LogP contribution in [-0.4, -0.2) is 29.7 Å². The van der Waals surface area contributed by atoms with E-state index in [0.717, 1.165) is 0 Å². The van der Waals surface area contributed by atoms with Crippen molar-refractivity contribution < 1.29 is 23.9 Å². The SMILES string of the molecule is O=C1N=[C-]OC1[NH+]=Cc1ccc([N+](=O)[O-])o1. The first kappa shape index (κ1) is 10.0. The second kappa shape index (κ2) is 3.93. The molecule has 1 unspecified atom stereocenters. The van der Waals surface area contributed by atoms with Gasteiger partial charge in [0.15, 0.2) is 11.7 Å². The van der Waals surface area contributed by atoms with E-state index in [1.54, 1.807) is 0 Å². The van der Waals surface area contributed by atoms with Gasteiger partial charge in [0, 0.05) is 6.40 Å². The Morgan fingerprint density at radius 1 is 1.62 bits per heavy atom. The number of nitrogens with zero attached hydrogens (tertiary/aromatic N) is 2. The lowest BCUT2D eigenvalue weighted by molar-refractivity contribution is -0.524. The smallest absolute Gasteiger partial charge is 0.433 e. The van der Waals surface area contributed by atoms with Gasteiger partial charge in [-0.2, -0.15) is 0 Å². The molecule has 16 heavy (non-hydrogen) atoms. The van der Waals surface area contributed by atoms with E-state index >= 15 is 0 Å². The number of ether oxygens (including phenoxy) is 1. The number of nitro groups is 1. The molecule has 0 radical (unpaired) electrons. The van der Waals surface area contributed by atoms with Crippen molar-refractivity contribution in [1.29, 1.82) is 0 Å². The monoisotopic (exact) mass is 223 g/mol. The van der Waals surface area contributed by atoms with Crippen molar-refractivity contribution in [3.8, 4) is 0 Å². The van der Waals surface area contributed by atoms with Gasteiger partial charge in [-0.05, 0) is 6.07 Å². The van der Waals surface area contributed by atoms with Crippen LogP contribution in [0.4, 0.5) is 5.88 Å². The van der Waals surface area contributed by atoms with Crippen LogP contribution in [0.3, 0.4) is 0 Å². The maximum absolute atomic E-state index is 10.9. The molecule has 1 amide bonds. The Balaban J connectivity index is 2.06. The molecule has 2 heterocycles. The normalized spacial score (nSPS) is 19.2. The predicted molar refractivity (Wildman–Crippen MR) is 48.8 cm³/mol. The molecule has 1 aromatic heterocycles. The van der Waals surface area contributed by atoms with Crippen LogP contribution in [0.1, 0.15) is 5.76 Å². The molecule has 82 valence electrons. The van der Waals surface area contributed by atoms with E-state index in [0.29, 0.717) is 0 Å². The number of carbonyl (C=O) groups is 1. The summed E-state index contributed by atoms with van der Waals surface area (Å²) in [5, 5.41) is 10.3. The molecule has 0 saturated carbocycles. The first-order valence-corrected chi connectivity index (χ1v) is 4.15. The number of hydrogen-bond donors (Lipinski definition) is 1. The van der Waals surface area contributed by atoms with Gasteiger partial charge in [0.05, 0.1) is 6.07 Å². The average molecular weight is 223 g/mol. The van der Waals surface area contributed by atoms with Gasteiger partial charge in [-0.25, -0.2) is 4.99 Å². The summed E-state index contributed by atoms with van der Waals surface area (Å²) in [7, 11) is 0. The van der Waals surface area contributed by atoms with E-state index in [-0.39, 0.29) is 11.6 Å². The summed E-state index contributed by atoms with van der Waals surface area (Å²) >= 11 is 0. The molecule has 0 fully saturated rings. The fraction of sp³-hybridized carbons (Fsp3) is 0.125. The highest BCUT2D eigenvalue weighted by Crippen LogP contribution is 2.12. The zero-order valence-corrected chi connectivity index (χ0v) is 7.75. The molecule has 0 aliphatic carbocycles. The third kappa shape index (κ3) is 1.95. The van der Waals surface area contributed by atoms with Crippen molar-refractivity contribution in [2.45, 2.75) is 6.23 Å². The molecular formula is C8H5N3O5. The van der Waals surface area contributed by atoms with Gasteiger partial charge in [0.1, 0.15) is 4.92 Å². The Morgan fingerprint density at radius 2 is 2.44 bits per heavy atom. The second-order valence-corrected chi connectivity index (χ2v) is 2.78. The molecule has 1 N–H and O–H groups in total. The highest BCUT2D eigenvalue weighted by molar-refractivity contribution is 5.90. The molecule has 0 aromatic carbocycles. The van der Waals surface area contributed by atoms with E-state index in [2.05, 4.69) is 14.7 Å². The van der Waals surface area contributed by atoms with Crippen LogP contribution >= 0.6 is 0 Å². The van der Waals surface area contributed by atoms with Crippen LogP contribution in [0.2, 0.25) is 0 Å². The number of nitrogens with one attached hydrogen (secondary N) is 1. The van der Waals surface area contributed by atoms with Gasteiger partial charge in [0.25, 0.3) is 6.23 Å². The highest BCUT2D eigenvalue weighted by Gasteiger charge is 2.17. The summed E-state index contributed by atoms with van der Waals surface area (Å²) in [5.74, 6) is -0.707.